The van der Waals surface area contributed by atoms with Crippen molar-refractivity contribution in [2.24, 2.45) is 7.05 Å². The minimum atomic E-state index is 0.540. The number of methoxy groups -OCH3 is 1. The highest BCUT2D eigenvalue weighted by atomic mass is 16.5. The Balaban J connectivity index is 1.57. The van der Waals surface area contributed by atoms with Crippen LogP contribution in [0.15, 0.2) is 42.7 Å². The smallest absolute Gasteiger partial charge is 0.130 e. The Labute approximate surface area is 163 Å². The highest BCUT2D eigenvalue weighted by Crippen LogP contribution is 2.34. The Morgan fingerprint density at radius 2 is 1.93 bits per heavy atom. The molecule has 0 radical (unpaired) electrons. The molecule has 1 aliphatic heterocycles. The Kier molecular flexibility index (Phi) is 4.20. The van der Waals surface area contributed by atoms with Gasteiger partial charge < -0.3 is 10.1 Å². The largest absolute Gasteiger partial charge is 0.496 e. The summed E-state index contributed by atoms with van der Waals surface area (Å²) >= 11 is 0. The summed E-state index contributed by atoms with van der Waals surface area (Å²) in [6.07, 6.45) is 6.17. The molecule has 0 unspecified atom stereocenters. The zero-order valence-corrected chi connectivity index (χ0v) is 16.1. The van der Waals surface area contributed by atoms with Crippen LogP contribution >= 0.6 is 0 Å². The lowest BCUT2D eigenvalue weighted by Gasteiger charge is -2.22. The van der Waals surface area contributed by atoms with Crippen molar-refractivity contribution in [2.45, 2.75) is 18.8 Å². The van der Waals surface area contributed by atoms with Gasteiger partial charge >= 0.3 is 0 Å². The van der Waals surface area contributed by atoms with Gasteiger partial charge in [0.15, 0.2) is 0 Å². The van der Waals surface area contributed by atoms with Crippen LogP contribution in [-0.2, 0) is 7.05 Å². The number of benzene rings is 1. The normalized spacial score (nSPS) is 15.4. The Morgan fingerprint density at radius 1 is 1.07 bits per heavy atom. The van der Waals surface area contributed by atoms with E-state index in [9.17, 15) is 0 Å². The topological polar surface area (TPSA) is 64.9 Å². The molecule has 0 bridgehead atoms. The summed E-state index contributed by atoms with van der Waals surface area (Å²) in [6.45, 7) is 2.14. The van der Waals surface area contributed by atoms with Gasteiger partial charge in [-0.1, -0.05) is 6.07 Å². The Hall–Kier alpha value is -2.99. The van der Waals surface area contributed by atoms with Crippen molar-refractivity contribution in [3.8, 4) is 17.0 Å². The van der Waals surface area contributed by atoms with Crippen molar-refractivity contribution in [3.63, 3.8) is 0 Å². The number of ether oxygens (including phenoxy) is 1. The molecular weight excluding hydrogens is 350 g/mol. The van der Waals surface area contributed by atoms with Crippen molar-refractivity contribution >= 4 is 21.8 Å². The second kappa shape index (κ2) is 6.87. The zero-order chi connectivity index (χ0) is 19.1. The fraction of sp³-hybridized carbons (Fsp3) is 0.318. The van der Waals surface area contributed by atoms with Gasteiger partial charge in [0.1, 0.15) is 5.75 Å². The second-order valence-electron chi connectivity index (χ2n) is 7.44. The van der Waals surface area contributed by atoms with Crippen LogP contribution in [0, 0.1) is 0 Å². The molecule has 1 aromatic carbocycles. The molecule has 0 amide bonds. The number of hydrogen-bond donors (Lipinski definition) is 1. The van der Waals surface area contributed by atoms with Gasteiger partial charge in [-0.2, -0.15) is 5.10 Å². The summed E-state index contributed by atoms with van der Waals surface area (Å²) < 4.78 is 7.43. The first-order valence-corrected chi connectivity index (χ1v) is 9.70. The molecule has 4 aromatic rings. The quantitative estimate of drug-likeness (QED) is 0.594. The molecule has 0 atom stereocenters. The van der Waals surface area contributed by atoms with Gasteiger partial charge in [0.2, 0.25) is 0 Å². The lowest BCUT2D eigenvalue weighted by molar-refractivity contribution is 0.417. The van der Waals surface area contributed by atoms with Gasteiger partial charge in [-0.3, -0.25) is 14.6 Å². The molecule has 1 saturated heterocycles. The molecule has 0 spiro atoms. The van der Waals surface area contributed by atoms with E-state index in [0.29, 0.717) is 5.92 Å². The van der Waals surface area contributed by atoms with Crippen molar-refractivity contribution in [1.82, 2.24) is 25.1 Å². The van der Waals surface area contributed by atoms with Crippen LogP contribution in [0.5, 0.6) is 5.75 Å². The molecular formula is C22H23N5O. The van der Waals surface area contributed by atoms with Crippen molar-refractivity contribution in [1.29, 1.82) is 0 Å². The number of aryl methyl sites for hydroxylation is 1. The molecule has 6 nitrogen and oxygen atoms in total. The lowest BCUT2D eigenvalue weighted by Crippen LogP contribution is -2.27. The van der Waals surface area contributed by atoms with E-state index in [-0.39, 0.29) is 0 Å². The first-order valence-electron chi connectivity index (χ1n) is 9.70. The molecule has 5 rings (SSSR count). The average molecular weight is 373 g/mol. The molecule has 0 aliphatic carbocycles. The van der Waals surface area contributed by atoms with E-state index in [2.05, 4.69) is 34.7 Å². The van der Waals surface area contributed by atoms with E-state index < -0.39 is 0 Å². The van der Waals surface area contributed by atoms with Gasteiger partial charge in [-0.15, -0.1) is 0 Å². The number of pyridine rings is 2. The minimum Gasteiger partial charge on any atom is -0.496 e. The molecule has 1 aliphatic rings. The molecule has 142 valence electrons. The van der Waals surface area contributed by atoms with Crippen LogP contribution in [0.25, 0.3) is 33.1 Å². The van der Waals surface area contributed by atoms with Gasteiger partial charge in [0.05, 0.1) is 30.0 Å². The zero-order valence-electron chi connectivity index (χ0n) is 16.1. The van der Waals surface area contributed by atoms with Gasteiger partial charge in [-0.05, 0) is 44.1 Å². The Bertz CT molecular complexity index is 1160. The summed E-state index contributed by atoms with van der Waals surface area (Å²) in [5, 5.41) is 10.0. The van der Waals surface area contributed by atoms with E-state index in [1.54, 1.807) is 7.11 Å². The molecule has 1 N–H and O–H groups in total. The van der Waals surface area contributed by atoms with E-state index in [4.69, 9.17) is 14.7 Å². The summed E-state index contributed by atoms with van der Waals surface area (Å²) in [7, 11) is 3.60. The number of nitrogens with zero attached hydrogens (tertiary/aromatic N) is 4. The van der Waals surface area contributed by atoms with Crippen LogP contribution < -0.4 is 10.1 Å². The van der Waals surface area contributed by atoms with Crippen molar-refractivity contribution in [3.05, 3.63) is 48.4 Å². The maximum atomic E-state index is 5.62. The summed E-state index contributed by atoms with van der Waals surface area (Å²) in [4.78, 5) is 9.60. The molecule has 3 aromatic heterocycles. The van der Waals surface area contributed by atoms with Crippen molar-refractivity contribution in [2.75, 3.05) is 20.2 Å². The molecule has 28 heavy (non-hydrogen) atoms. The fourth-order valence-electron chi connectivity index (χ4n) is 4.08. The summed E-state index contributed by atoms with van der Waals surface area (Å²) in [5.41, 5.74) is 4.88. The number of hydrogen-bond acceptors (Lipinski definition) is 5. The van der Waals surface area contributed by atoms with Crippen LogP contribution in [0.2, 0.25) is 0 Å². The van der Waals surface area contributed by atoms with Crippen LogP contribution in [-0.4, -0.2) is 39.9 Å². The maximum Gasteiger partial charge on any atom is 0.130 e. The number of piperidine rings is 1. The third-order valence-corrected chi connectivity index (χ3v) is 5.57. The second-order valence-corrected chi connectivity index (χ2v) is 7.44. The number of nitrogens with one attached hydrogen (secondary N) is 1. The number of fused-ring (bicyclic) bond motifs is 2. The van der Waals surface area contributed by atoms with Gasteiger partial charge in [-0.25, -0.2) is 0 Å². The van der Waals surface area contributed by atoms with Crippen LogP contribution in [0.4, 0.5) is 0 Å². The highest BCUT2D eigenvalue weighted by Gasteiger charge is 2.17. The molecule has 0 saturated carbocycles. The first kappa shape index (κ1) is 17.1. The summed E-state index contributed by atoms with van der Waals surface area (Å²) in [5.74, 6) is 1.32. The fourth-order valence-corrected chi connectivity index (χ4v) is 4.08. The Morgan fingerprint density at radius 3 is 2.75 bits per heavy atom. The predicted octanol–water partition coefficient (Wildman–Crippen LogP) is 3.66. The van der Waals surface area contributed by atoms with Gasteiger partial charge in [0, 0.05) is 47.3 Å². The van der Waals surface area contributed by atoms with Crippen LogP contribution in [0.1, 0.15) is 24.5 Å². The van der Waals surface area contributed by atoms with Gasteiger partial charge in [0.25, 0.3) is 0 Å². The first-order chi connectivity index (χ1) is 13.7. The molecule has 4 heterocycles. The standard InChI is InChI=1S/C22H23N5O/c1-27-13-16-9-17(22(28-2)11-19(16)26-27)20-10-15-3-4-18(25-21(15)12-24-20)14-5-7-23-8-6-14/h3-4,9-14,23H,5-8H2,1-2H3. The monoisotopic (exact) mass is 373 g/mol. The average Bonchev–Trinajstić information content (AvgIpc) is 3.11. The predicted molar refractivity (Wildman–Crippen MR) is 111 cm³/mol. The van der Waals surface area contributed by atoms with E-state index in [1.807, 2.05) is 30.2 Å². The summed E-state index contributed by atoms with van der Waals surface area (Å²) in [6, 6.07) is 10.5. The maximum absolute atomic E-state index is 5.62. The van der Waals surface area contributed by atoms with E-state index in [1.165, 1.54) is 5.69 Å². The van der Waals surface area contributed by atoms with E-state index >= 15 is 0 Å². The lowest BCUT2D eigenvalue weighted by atomic mass is 9.94. The molecule has 6 heteroatoms. The van der Waals surface area contributed by atoms with Crippen molar-refractivity contribution < 1.29 is 4.74 Å². The SMILES string of the molecule is COc1cc2nn(C)cc2cc1-c1cc2ccc(C3CCNCC3)nc2cn1. The molecule has 1 fully saturated rings. The number of rotatable bonds is 3. The van der Waals surface area contributed by atoms with Crippen LogP contribution in [0.3, 0.4) is 0 Å². The third kappa shape index (κ3) is 2.99. The third-order valence-electron chi connectivity index (χ3n) is 5.57. The minimum absolute atomic E-state index is 0.540. The highest BCUT2D eigenvalue weighted by molar-refractivity contribution is 5.90. The number of aromatic nitrogens is 4. The van der Waals surface area contributed by atoms with E-state index in [0.717, 1.165) is 64.7 Å².